The zero-order valence-electron chi connectivity index (χ0n) is 17.5. The third kappa shape index (κ3) is 5.39. The van der Waals surface area contributed by atoms with Crippen molar-refractivity contribution < 1.29 is 9.22 Å². The molecule has 0 saturated heterocycles. The van der Waals surface area contributed by atoms with Gasteiger partial charge in [-0.05, 0) is 41.1 Å². The molecule has 2 nitrogen and oxygen atoms in total. The molecular formula is C24H34O2Si. The molecule has 0 N–H and O–H groups in total. The summed E-state index contributed by atoms with van der Waals surface area (Å²) < 4.78 is 6.94. The number of ketones is 1. The maximum absolute atomic E-state index is 11.2. The fourth-order valence-electron chi connectivity index (χ4n) is 3.81. The Morgan fingerprint density at radius 1 is 0.963 bits per heavy atom. The smallest absolute Gasteiger partial charge is 0.261 e. The van der Waals surface area contributed by atoms with Gasteiger partial charge >= 0.3 is 0 Å². The first-order valence-electron chi connectivity index (χ1n) is 10.0. The minimum atomic E-state index is -2.44. The fraction of sp³-hybridized carbons (Fsp3) is 0.458. The molecule has 0 saturated carbocycles. The van der Waals surface area contributed by atoms with E-state index < -0.39 is 8.32 Å². The van der Waals surface area contributed by atoms with E-state index in [-0.39, 0.29) is 10.8 Å². The summed E-state index contributed by atoms with van der Waals surface area (Å²) in [7, 11) is -2.44. The van der Waals surface area contributed by atoms with E-state index in [0.29, 0.717) is 12.3 Å². The molecule has 0 aliphatic heterocycles. The monoisotopic (exact) mass is 382 g/mol. The maximum Gasteiger partial charge on any atom is 0.261 e. The SMILES string of the molecule is CC(=O)CCCC(C)CO[Si](c1ccccc1)(c1ccccc1)C(C)(C)C. The molecule has 2 aromatic rings. The lowest BCUT2D eigenvalue weighted by atomic mass is 10.0. The highest BCUT2D eigenvalue weighted by molar-refractivity contribution is 6.99. The van der Waals surface area contributed by atoms with Gasteiger partial charge in [-0.15, -0.1) is 0 Å². The Morgan fingerprint density at radius 2 is 1.44 bits per heavy atom. The number of hydrogen-bond acceptors (Lipinski definition) is 2. The molecule has 0 radical (unpaired) electrons. The largest absolute Gasteiger partial charge is 0.407 e. The number of benzene rings is 2. The summed E-state index contributed by atoms with van der Waals surface area (Å²) in [6.45, 7) is 11.5. The lowest BCUT2D eigenvalue weighted by molar-refractivity contribution is -0.117. The fourth-order valence-corrected chi connectivity index (χ4v) is 8.50. The molecule has 1 atom stereocenters. The van der Waals surface area contributed by atoms with E-state index in [1.54, 1.807) is 6.92 Å². The second-order valence-electron chi connectivity index (χ2n) is 8.67. The van der Waals surface area contributed by atoms with Crippen LogP contribution in [0.15, 0.2) is 60.7 Å². The van der Waals surface area contributed by atoms with Crippen LogP contribution in [0.5, 0.6) is 0 Å². The summed E-state index contributed by atoms with van der Waals surface area (Å²) >= 11 is 0. The van der Waals surface area contributed by atoms with Crippen molar-refractivity contribution in [3.8, 4) is 0 Å². The van der Waals surface area contributed by atoms with Crippen LogP contribution in [0.4, 0.5) is 0 Å². The van der Waals surface area contributed by atoms with Gasteiger partial charge in [-0.25, -0.2) is 0 Å². The molecule has 27 heavy (non-hydrogen) atoms. The van der Waals surface area contributed by atoms with Crippen LogP contribution < -0.4 is 10.4 Å². The summed E-state index contributed by atoms with van der Waals surface area (Å²) in [4.78, 5) is 11.2. The Bertz CT molecular complexity index is 665. The lowest BCUT2D eigenvalue weighted by Gasteiger charge is -2.43. The molecule has 0 bridgehead atoms. The number of carbonyl (C=O) groups is 1. The third-order valence-electron chi connectivity index (χ3n) is 5.23. The number of hydrogen-bond donors (Lipinski definition) is 0. The highest BCUT2D eigenvalue weighted by Gasteiger charge is 2.50. The number of Topliss-reactive ketones (excluding diaryl/α,β-unsaturated/α-hetero) is 1. The Kier molecular flexibility index (Phi) is 7.57. The van der Waals surface area contributed by atoms with E-state index >= 15 is 0 Å². The van der Waals surface area contributed by atoms with Crippen molar-refractivity contribution in [1.29, 1.82) is 0 Å². The first-order chi connectivity index (χ1) is 12.8. The molecule has 146 valence electrons. The van der Waals surface area contributed by atoms with Crippen molar-refractivity contribution >= 4 is 24.5 Å². The predicted molar refractivity (Wildman–Crippen MR) is 117 cm³/mol. The van der Waals surface area contributed by atoms with E-state index in [0.717, 1.165) is 19.4 Å². The van der Waals surface area contributed by atoms with E-state index in [2.05, 4.69) is 88.4 Å². The quantitative estimate of drug-likeness (QED) is 0.573. The second kappa shape index (κ2) is 9.47. The Hall–Kier alpha value is -1.71. The Morgan fingerprint density at radius 3 is 1.85 bits per heavy atom. The van der Waals surface area contributed by atoms with E-state index in [4.69, 9.17) is 4.43 Å². The first-order valence-corrected chi connectivity index (χ1v) is 11.9. The average molecular weight is 383 g/mol. The van der Waals surface area contributed by atoms with Crippen LogP contribution >= 0.6 is 0 Å². The second-order valence-corrected chi connectivity index (χ2v) is 13.0. The Labute approximate surface area is 166 Å². The normalized spacial score (nSPS) is 13.4. The van der Waals surface area contributed by atoms with Gasteiger partial charge in [0.05, 0.1) is 0 Å². The van der Waals surface area contributed by atoms with Gasteiger partial charge in [0.25, 0.3) is 8.32 Å². The van der Waals surface area contributed by atoms with Crippen LogP contribution in [-0.4, -0.2) is 20.7 Å². The summed E-state index contributed by atoms with van der Waals surface area (Å²) in [6.07, 6.45) is 2.64. The van der Waals surface area contributed by atoms with Gasteiger partial charge in [-0.2, -0.15) is 0 Å². The number of carbonyl (C=O) groups excluding carboxylic acids is 1. The van der Waals surface area contributed by atoms with Gasteiger partial charge in [-0.3, -0.25) is 0 Å². The van der Waals surface area contributed by atoms with Crippen LogP contribution in [0.2, 0.25) is 5.04 Å². The summed E-state index contributed by atoms with van der Waals surface area (Å²) in [5.74, 6) is 0.709. The first kappa shape index (κ1) is 21.6. The Balaban J connectivity index is 2.34. The zero-order chi connectivity index (χ0) is 19.9. The third-order valence-corrected chi connectivity index (χ3v) is 10.2. The van der Waals surface area contributed by atoms with Crippen LogP contribution in [0.3, 0.4) is 0 Å². The summed E-state index contributed by atoms with van der Waals surface area (Å²) in [6, 6.07) is 21.5. The molecule has 3 heteroatoms. The molecule has 1 unspecified atom stereocenters. The van der Waals surface area contributed by atoms with Crippen molar-refractivity contribution in [2.45, 2.75) is 58.9 Å². The highest BCUT2D eigenvalue weighted by atomic mass is 28.4. The predicted octanol–water partition coefficient (Wildman–Crippen LogP) is 4.96. The maximum atomic E-state index is 11.2. The molecule has 0 aliphatic rings. The molecule has 2 rings (SSSR count). The van der Waals surface area contributed by atoms with Crippen LogP contribution in [0.25, 0.3) is 0 Å². The molecule has 0 aliphatic carbocycles. The molecule has 0 amide bonds. The van der Waals surface area contributed by atoms with E-state index in [1.807, 2.05) is 0 Å². The van der Waals surface area contributed by atoms with Crippen LogP contribution in [0.1, 0.15) is 53.9 Å². The molecule has 0 aromatic heterocycles. The van der Waals surface area contributed by atoms with Gasteiger partial charge in [0.15, 0.2) is 0 Å². The van der Waals surface area contributed by atoms with Crippen molar-refractivity contribution in [2.75, 3.05) is 6.61 Å². The van der Waals surface area contributed by atoms with Crippen molar-refractivity contribution in [2.24, 2.45) is 5.92 Å². The molecule has 0 fully saturated rings. The standard InChI is InChI=1S/C24H34O2Si/c1-20(13-12-14-21(2)25)19-26-27(24(3,4)5,22-15-8-6-9-16-22)23-17-10-7-11-18-23/h6-11,15-18,20H,12-14,19H2,1-5H3. The van der Waals surface area contributed by atoms with E-state index in [9.17, 15) is 4.79 Å². The average Bonchev–Trinajstić information content (AvgIpc) is 2.62. The molecule has 0 heterocycles. The molecule has 2 aromatic carbocycles. The van der Waals surface area contributed by atoms with E-state index in [1.165, 1.54) is 10.4 Å². The van der Waals surface area contributed by atoms with Gasteiger partial charge in [-0.1, -0.05) is 88.4 Å². The highest BCUT2D eigenvalue weighted by Crippen LogP contribution is 2.37. The minimum absolute atomic E-state index is 0.00874. The zero-order valence-corrected chi connectivity index (χ0v) is 18.5. The summed E-state index contributed by atoms with van der Waals surface area (Å²) in [5.41, 5.74) is 0. The summed E-state index contributed by atoms with van der Waals surface area (Å²) in [5, 5.41) is 2.65. The van der Waals surface area contributed by atoms with Gasteiger partial charge in [0, 0.05) is 13.0 Å². The topological polar surface area (TPSA) is 26.3 Å². The lowest BCUT2D eigenvalue weighted by Crippen LogP contribution is -2.66. The van der Waals surface area contributed by atoms with Crippen LogP contribution in [-0.2, 0) is 9.22 Å². The van der Waals surface area contributed by atoms with Gasteiger partial charge in [0.1, 0.15) is 5.78 Å². The van der Waals surface area contributed by atoms with Crippen molar-refractivity contribution in [3.63, 3.8) is 0 Å². The van der Waals surface area contributed by atoms with Crippen molar-refractivity contribution in [3.05, 3.63) is 60.7 Å². The van der Waals surface area contributed by atoms with Crippen LogP contribution in [0, 0.1) is 5.92 Å². The van der Waals surface area contributed by atoms with Gasteiger partial charge < -0.3 is 9.22 Å². The van der Waals surface area contributed by atoms with Gasteiger partial charge in [0.2, 0.25) is 0 Å². The minimum Gasteiger partial charge on any atom is -0.407 e. The number of rotatable bonds is 9. The van der Waals surface area contributed by atoms with Crippen molar-refractivity contribution in [1.82, 2.24) is 0 Å². The molecule has 0 spiro atoms. The molecular weight excluding hydrogens is 348 g/mol.